The van der Waals surface area contributed by atoms with Crippen LogP contribution in [0.2, 0.25) is 0 Å². The molecular formula is C13H15NOS. The van der Waals surface area contributed by atoms with Crippen molar-refractivity contribution in [2.24, 2.45) is 0 Å². The first-order valence-corrected chi connectivity index (χ1v) is 5.92. The van der Waals surface area contributed by atoms with Crippen LogP contribution in [0.4, 0.5) is 0 Å². The Morgan fingerprint density at radius 1 is 1.44 bits per heavy atom. The van der Waals surface area contributed by atoms with Crippen LogP contribution < -0.4 is 0 Å². The summed E-state index contributed by atoms with van der Waals surface area (Å²) in [6.07, 6.45) is 9.44. The fraction of sp³-hybridized carbons (Fsp3) is 0.385. The molecule has 84 valence electrons. The molecule has 2 rings (SSSR count). The van der Waals surface area contributed by atoms with Crippen LogP contribution in [0.15, 0.2) is 35.1 Å². The van der Waals surface area contributed by atoms with E-state index in [4.69, 9.17) is 12.2 Å². The van der Waals surface area contributed by atoms with Crippen LogP contribution in [0.3, 0.4) is 0 Å². The molecule has 0 atom stereocenters. The Bertz CT molecular complexity index is 429. The van der Waals surface area contributed by atoms with Gasteiger partial charge in [-0.05, 0) is 37.3 Å². The number of amides is 1. The SMILES string of the molecule is CC(=O)N(C(C)=S)C1=CCCC2=C1CC=C2. The number of carbonyl (C=O) groups is 1. The Balaban J connectivity index is 2.37. The molecule has 2 nitrogen and oxygen atoms in total. The van der Waals surface area contributed by atoms with Crippen molar-refractivity contribution in [2.45, 2.75) is 33.1 Å². The van der Waals surface area contributed by atoms with Gasteiger partial charge in [0.2, 0.25) is 5.91 Å². The molecule has 0 radical (unpaired) electrons. The summed E-state index contributed by atoms with van der Waals surface area (Å²) < 4.78 is 0. The zero-order chi connectivity index (χ0) is 11.7. The smallest absolute Gasteiger partial charge is 0.228 e. The molecule has 0 saturated heterocycles. The molecule has 0 fully saturated rings. The maximum Gasteiger partial charge on any atom is 0.228 e. The summed E-state index contributed by atoms with van der Waals surface area (Å²) in [6, 6.07) is 0. The molecule has 0 spiro atoms. The number of thiocarbonyl (C=S) groups is 1. The van der Waals surface area contributed by atoms with E-state index in [2.05, 4.69) is 18.2 Å². The van der Waals surface area contributed by atoms with Crippen molar-refractivity contribution in [2.75, 3.05) is 0 Å². The molecule has 0 N–H and O–H groups in total. The first-order valence-electron chi connectivity index (χ1n) is 5.51. The van der Waals surface area contributed by atoms with E-state index in [1.54, 1.807) is 18.7 Å². The minimum atomic E-state index is -0.000556. The second-order valence-corrected chi connectivity index (χ2v) is 4.70. The van der Waals surface area contributed by atoms with E-state index >= 15 is 0 Å². The molecule has 1 amide bonds. The van der Waals surface area contributed by atoms with Crippen LogP contribution in [0.1, 0.15) is 33.1 Å². The van der Waals surface area contributed by atoms with Gasteiger partial charge in [0.05, 0.1) is 4.99 Å². The number of hydrogen-bond acceptors (Lipinski definition) is 2. The summed E-state index contributed by atoms with van der Waals surface area (Å²) >= 11 is 5.16. The number of hydrogen-bond donors (Lipinski definition) is 0. The predicted molar refractivity (Wildman–Crippen MR) is 68.9 cm³/mol. The fourth-order valence-corrected chi connectivity index (χ4v) is 2.56. The molecule has 0 aliphatic heterocycles. The predicted octanol–water partition coefficient (Wildman–Crippen LogP) is 3.12. The normalized spacial score (nSPS) is 18.2. The fourth-order valence-electron chi connectivity index (χ4n) is 2.33. The van der Waals surface area contributed by atoms with Crippen molar-refractivity contribution in [3.05, 3.63) is 35.1 Å². The monoisotopic (exact) mass is 233 g/mol. The van der Waals surface area contributed by atoms with Crippen molar-refractivity contribution in [1.29, 1.82) is 0 Å². The van der Waals surface area contributed by atoms with Crippen LogP contribution >= 0.6 is 12.2 Å². The van der Waals surface area contributed by atoms with Crippen molar-refractivity contribution < 1.29 is 4.79 Å². The average molecular weight is 233 g/mol. The maximum absolute atomic E-state index is 11.6. The Morgan fingerprint density at radius 2 is 2.19 bits per heavy atom. The molecule has 0 saturated carbocycles. The Hall–Kier alpha value is -1.22. The highest BCUT2D eigenvalue weighted by Crippen LogP contribution is 2.35. The topological polar surface area (TPSA) is 20.3 Å². The van der Waals surface area contributed by atoms with E-state index in [0.29, 0.717) is 4.99 Å². The van der Waals surface area contributed by atoms with Crippen molar-refractivity contribution in [1.82, 2.24) is 4.90 Å². The number of allylic oxidation sites excluding steroid dienone is 5. The first kappa shape index (κ1) is 11.3. The van der Waals surface area contributed by atoms with Crippen LogP contribution in [0.25, 0.3) is 0 Å². The van der Waals surface area contributed by atoms with Gasteiger partial charge < -0.3 is 0 Å². The molecule has 0 aromatic carbocycles. The third kappa shape index (κ3) is 1.87. The van der Waals surface area contributed by atoms with E-state index in [1.165, 1.54) is 11.1 Å². The van der Waals surface area contributed by atoms with E-state index in [-0.39, 0.29) is 5.91 Å². The quantitative estimate of drug-likeness (QED) is 0.649. The van der Waals surface area contributed by atoms with Crippen LogP contribution in [0.5, 0.6) is 0 Å². The van der Waals surface area contributed by atoms with E-state index in [9.17, 15) is 4.79 Å². The largest absolute Gasteiger partial charge is 0.275 e. The van der Waals surface area contributed by atoms with Gasteiger partial charge in [-0.25, -0.2) is 0 Å². The van der Waals surface area contributed by atoms with Gasteiger partial charge in [0.1, 0.15) is 0 Å². The van der Waals surface area contributed by atoms with Gasteiger partial charge in [-0.15, -0.1) is 0 Å². The van der Waals surface area contributed by atoms with Crippen molar-refractivity contribution in [3.63, 3.8) is 0 Å². The lowest BCUT2D eigenvalue weighted by molar-refractivity contribution is -0.123. The van der Waals surface area contributed by atoms with Gasteiger partial charge >= 0.3 is 0 Å². The molecular weight excluding hydrogens is 218 g/mol. The van der Waals surface area contributed by atoms with Gasteiger partial charge in [0, 0.05) is 12.6 Å². The molecule has 0 bridgehead atoms. The van der Waals surface area contributed by atoms with E-state index in [0.717, 1.165) is 25.0 Å². The third-order valence-corrected chi connectivity index (χ3v) is 3.14. The number of nitrogens with zero attached hydrogens (tertiary/aromatic N) is 1. The summed E-state index contributed by atoms with van der Waals surface area (Å²) in [6.45, 7) is 3.36. The lowest BCUT2D eigenvalue weighted by Crippen LogP contribution is -2.32. The van der Waals surface area contributed by atoms with Gasteiger partial charge in [-0.2, -0.15) is 0 Å². The highest BCUT2D eigenvalue weighted by molar-refractivity contribution is 7.80. The molecule has 0 aromatic rings. The molecule has 2 aliphatic rings. The molecule has 16 heavy (non-hydrogen) atoms. The standard InChI is InChI=1S/C13H15NOS/c1-9(15)14(10(2)16)13-8-4-6-11-5-3-7-12(11)13/h3,5,8H,4,6-7H2,1-2H3. The average Bonchev–Trinajstić information content (AvgIpc) is 2.65. The van der Waals surface area contributed by atoms with E-state index in [1.807, 2.05) is 0 Å². The van der Waals surface area contributed by atoms with Crippen molar-refractivity contribution >= 4 is 23.1 Å². The summed E-state index contributed by atoms with van der Waals surface area (Å²) in [7, 11) is 0. The summed E-state index contributed by atoms with van der Waals surface area (Å²) in [5.41, 5.74) is 3.64. The summed E-state index contributed by atoms with van der Waals surface area (Å²) in [5.74, 6) is -0.000556. The second kappa shape index (κ2) is 4.34. The van der Waals surface area contributed by atoms with Crippen LogP contribution in [0, 0.1) is 0 Å². The highest BCUT2D eigenvalue weighted by Gasteiger charge is 2.24. The first-order chi connectivity index (χ1) is 7.61. The van der Waals surface area contributed by atoms with Crippen LogP contribution in [-0.2, 0) is 4.79 Å². The lowest BCUT2D eigenvalue weighted by atomic mass is 9.96. The molecule has 2 aliphatic carbocycles. The summed E-state index contributed by atoms with van der Waals surface area (Å²) in [4.78, 5) is 13.9. The summed E-state index contributed by atoms with van der Waals surface area (Å²) in [5, 5.41) is 0. The Labute approximate surface area is 101 Å². The van der Waals surface area contributed by atoms with Crippen LogP contribution in [-0.4, -0.2) is 15.8 Å². The van der Waals surface area contributed by atoms with E-state index < -0.39 is 0 Å². The van der Waals surface area contributed by atoms with Gasteiger partial charge in [0.15, 0.2) is 0 Å². The minimum absolute atomic E-state index is 0.000556. The lowest BCUT2D eigenvalue weighted by Gasteiger charge is -2.27. The third-order valence-electron chi connectivity index (χ3n) is 2.96. The zero-order valence-electron chi connectivity index (χ0n) is 9.62. The molecule has 0 unspecified atom stereocenters. The number of rotatable bonds is 1. The van der Waals surface area contributed by atoms with Gasteiger partial charge in [0.25, 0.3) is 0 Å². The minimum Gasteiger partial charge on any atom is -0.275 e. The van der Waals surface area contributed by atoms with Crippen molar-refractivity contribution in [3.8, 4) is 0 Å². The molecule has 3 heteroatoms. The molecule has 0 heterocycles. The number of carbonyl (C=O) groups excluding carboxylic acids is 1. The highest BCUT2D eigenvalue weighted by atomic mass is 32.1. The zero-order valence-corrected chi connectivity index (χ0v) is 10.4. The molecule has 0 aromatic heterocycles. The second-order valence-electron chi connectivity index (χ2n) is 4.11. The Morgan fingerprint density at radius 3 is 2.81 bits per heavy atom. The maximum atomic E-state index is 11.6. The van der Waals surface area contributed by atoms with Gasteiger partial charge in [-0.3, -0.25) is 9.69 Å². The Kier molecular flexibility index (Phi) is 3.06. The van der Waals surface area contributed by atoms with Gasteiger partial charge in [-0.1, -0.05) is 30.4 Å².